The normalized spacial score (nSPS) is 16.6. The summed E-state index contributed by atoms with van der Waals surface area (Å²) in [4.78, 5) is 11.8. The lowest BCUT2D eigenvalue weighted by molar-refractivity contribution is -0.118. The van der Waals surface area contributed by atoms with E-state index in [1.54, 1.807) is 24.3 Å². The second-order valence-electron chi connectivity index (χ2n) is 5.47. The van der Waals surface area contributed by atoms with E-state index in [1.807, 2.05) is 18.2 Å². The van der Waals surface area contributed by atoms with Crippen LogP contribution < -0.4 is 15.4 Å². The molecule has 1 unspecified atom stereocenters. The summed E-state index contributed by atoms with van der Waals surface area (Å²) in [5, 5.41) is 13.8. The molecular weight excluding hydrogens is 308 g/mol. The molecule has 1 amide bonds. The van der Waals surface area contributed by atoms with Crippen LogP contribution in [0.15, 0.2) is 42.5 Å². The number of hydrogen-bond acceptors (Lipinski definition) is 6. The minimum atomic E-state index is -0.284. The first-order valence-corrected chi connectivity index (χ1v) is 7.96. The zero-order valence-corrected chi connectivity index (χ0v) is 13.3. The summed E-state index contributed by atoms with van der Waals surface area (Å²) in [6.45, 7) is 1.46. The largest absolute Gasteiger partial charge is 0.484 e. The number of nitrogens with one attached hydrogen (secondary N) is 2. The number of ether oxygens (including phenoxy) is 2. The molecule has 126 valence electrons. The molecule has 0 spiro atoms. The van der Waals surface area contributed by atoms with E-state index in [-0.39, 0.29) is 18.6 Å². The van der Waals surface area contributed by atoms with Crippen LogP contribution in [0.25, 0.3) is 0 Å². The third-order valence-corrected chi connectivity index (χ3v) is 3.58. The molecule has 0 bridgehead atoms. The van der Waals surface area contributed by atoms with E-state index in [2.05, 4.69) is 20.8 Å². The molecule has 0 saturated carbocycles. The lowest BCUT2D eigenvalue weighted by atomic mass is 10.2. The monoisotopic (exact) mass is 328 g/mol. The Morgan fingerprint density at radius 3 is 2.67 bits per heavy atom. The van der Waals surface area contributed by atoms with Gasteiger partial charge in [-0.3, -0.25) is 4.79 Å². The van der Waals surface area contributed by atoms with Crippen LogP contribution >= 0.6 is 0 Å². The molecule has 0 radical (unpaired) electrons. The minimum Gasteiger partial charge on any atom is -0.484 e. The van der Waals surface area contributed by atoms with Gasteiger partial charge in [0.15, 0.2) is 12.4 Å². The van der Waals surface area contributed by atoms with Crippen molar-refractivity contribution in [1.29, 1.82) is 0 Å². The molecule has 24 heavy (non-hydrogen) atoms. The summed E-state index contributed by atoms with van der Waals surface area (Å²) in [5.74, 6) is 1.41. The van der Waals surface area contributed by atoms with Crippen molar-refractivity contribution in [2.24, 2.45) is 0 Å². The summed E-state index contributed by atoms with van der Waals surface area (Å²) in [6, 6.07) is 12.6. The van der Waals surface area contributed by atoms with E-state index in [0.717, 1.165) is 19.4 Å². The van der Waals surface area contributed by atoms with Gasteiger partial charge in [-0.25, -0.2) is 0 Å². The Hall–Kier alpha value is -2.67. The first kappa shape index (κ1) is 16.2. The second kappa shape index (κ2) is 8.26. The molecule has 1 saturated heterocycles. The predicted molar refractivity (Wildman–Crippen MR) is 90.1 cm³/mol. The molecule has 3 rings (SSSR count). The lowest BCUT2D eigenvalue weighted by Crippen LogP contribution is -2.21. The van der Waals surface area contributed by atoms with E-state index in [1.165, 1.54) is 0 Å². The highest BCUT2D eigenvalue weighted by molar-refractivity contribution is 5.90. The molecule has 1 atom stereocenters. The van der Waals surface area contributed by atoms with Crippen LogP contribution in [0.3, 0.4) is 0 Å². The molecule has 1 aliphatic rings. The SMILES string of the molecule is O=C(COc1ccccc1)Nc1ccc(NCC2CCCO2)nn1. The van der Waals surface area contributed by atoms with E-state index in [9.17, 15) is 4.79 Å². The van der Waals surface area contributed by atoms with Gasteiger partial charge in [-0.05, 0) is 37.1 Å². The van der Waals surface area contributed by atoms with Crippen molar-refractivity contribution >= 4 is 17.5 Å². The van der Waals surface area contributed by atoms with E-state index in [0.29, 0.717) is 23.9 Å². The lowest BCUT2D eigenvalue weighted by Gasteiger charge is -2.11. The van der Waals surface area contributed by atoms with Crippen molar-refractivity contribution in [3.05, 3.63) is 42.5 Å². The number of anilines is 2. The molecule has 1 fully saturated rings. The summed E-state index contributed by atoms with van der Waals surface area (Å²) >= 11 is 0. The van der Waals surface area contributed by atoms with Crippen LogP contribution in [-0.4, -0.2) is 42.0 Å². The molecule has 0 aliphatic carbocycles. The van der Waals surface area contributed by atoms with Gasteiger partial charge in [0.2, 0.25) is 0 Å². The molecule has 1 aliphatic heterocycles. The molecule has 7 heteroatoms. The van der Waals surface area contributed by atoms with Gasteiger partial charge >= 0.3 is 0 Å². The number of nitrogens with zero attached hydrogens (tertiary/aromatic N) is 2. The van der Waals surface area contributed by atoms with Crippen LogP contribution in [0.5, 0.6) is 5.75 Å². The van der Waals surface area contributed by atoms with Crippen LogP contribution in [0, 0.1) is 0 Å². The first-order valence-electron chi connectivity index (χ1n) is 7.96. The molecule has 1 aromatic heterocycles. The van der Waals surface area contributed by atoms with Crippen LogP contribution in [0.1, 0.15) is 12.8 Å². The molecule has 7 nitrogen and oxygen atoms in total. The molecule has 1 aromatic carbocycles. The molecule has 2 N–H and O–H groups in total. The van der Waals surface area contributed by atoms with Gasteiger partial charge in [0.25, 0.3) is 5.91 Å². The Morgan fingerprint density at radius 1 is 1.17 bits per heavy atom. The number of rotatable bonds is 7. The standard InChI is InChI=1S/C17H20N4O3/c22-17(12-24-13-5-2-1-3-6-13)19-16-9-8-15(20-21-16)18-11-14-7-4-10-23-14/h1-3,5-6,8-9,14H,4,7,10-12H2,(H,18,20)(H,19,21,22). The molecule has 2 aromatic rings. The fourth-order valence-corrected chi connectivity index (χ4v) is 2.36. The maximum absolute atomic E-state index is 11.8. The topological polar surface area (TPSA) is 85.4 Å². The van der Waals surface area contributed by atoms with Crippen molar-refractivity contribution in [1.82, 2.24) is 10.2 Å². The maximum atomic E-state index is 11.8. The Bertz CT molecular complexity index is 643. The van der Waals surface area contributed by atoms with Gasteiger partial charge in [-0.15, -0.1) is 10.2 Å². The zero-order chi connectivity index (χ0) is 16.6. The highest BCUT2D eigenvalue weighted by Gasteiger charge is 2.15. The number of carbonyl (C=O) groups excluding carboxylic acids is 1. The van der Waals surface area contributed by atoms with Crippen LogP contribution in [0.4, 0.5) is 11.6 Å². The van der Waals surface area contributed by atoms with Gasteiger partial charge in [0.05, 0.1) is 6.10 Å². The number of carbonyl (C=O) groups is 1. The van der Waals surface area contributed by atoms with E-state index in [4.69, 9.17) is 9.47 Å². The predicted octanol–water partition coefficient (Wildman–Crippen LogP) is 2.08. The highest BCUT2D eigenvalue weighted by atomic mass is 16.5. The van der Waals surface area contributed by atoms with E-state index < -0.39 is 0 Å². The second-order valence-corrected chi connectivity index (χ2v) is 5.47. The summed E-state index contributed by atoms with van der Waals surface area (Å²) in [7, 11) is 0. The Balaban J connectivity index is 1.42. The number of benzene rings is 1. The number of para-hydroxylation sites is 1. The third kappa shape index (κ3) is 4.92. The van der Waals surface area contributed by atoms with Gasteiger partial charge < -0.3 is 20.1 Å². The average molecular weight is 328 g/mol. The highest BCUT2D eigenvalue weighted by Crippen LogP contribution is 2.13. The summed E-state index contributed by atoms with van der Waals surface area (Å²) in [6.07, 6.45) is 2.41. The third-order valence-electron chi connectivity index (χ3n) is 3.58. The van der Waals surface area contributed by atoms with Crippen molar-refractivity contribution in [2.45, 2.75) is 18.9 Å². The quantitative estimate of drug-likeness (QED) is 0.809. The van der Waals surface area contributed by atoms with Crippen LogP contribution in [0.2, 0.25) is 0 Å². The van der Waals surface area contributed by atoms with E-state index >= 15 is 0 Å². The number of hydrogen-bond donors (Lipinski definition) is 2. The number of aromatic nitrogens is 2. The van der Waals surface area contributed by atoms with Gasteiger partial charge in [0, 0.05) is 13.2 Å². The van der Waals surface area contributed by atoms with Gasteiger partial charge in [-0.1, -0.05) is 18.2 Å². The summed E-state index contributed by atoms with van der Waals surface area (Å²) in [5.41, 5.74) is 0. The maximum Gasteiger partial charge on any atom is 0.263 e. The van der Waals surface area contributed by atoms with Crippen molar-refractivity contribution in [2.75, 3.05) is 30.4 Å². The first-order chi connectivity index (χ1) is 11.8. The molecule has 2 heterocycles. The Kier molecular flexibility index (Phi) is 5.57. The fourth-order valence-electron chi connectivity index (χ4n) is 2.36. The van der Waals surface area contributed by atoms with Crippen LogP contribution in [-0.2, 0) is 9.53 Å². The smallest absolute Gasteiger partial charge is 0.263 e. The van der Waals surface area contributed by atoms with Crippen molar-refractivity contribution < 1.29 is 14.3 Å². The van der Waals surface area contributed by atoms with Gasteiger partial charge in [-0.2, -0.15) is 0 Å². The minimum absolute atomic E-state index is 0.0787. The average Bonchev–Trinajstić information content (AvgIpc) is 3.14. The summed E-state index contributed by atoms with van der Waals surface area (Å²) < 4.78 is 10.9. The van der Waals surface area contributed by atoms with Crippen molar-refractivity contribution in [3.8, 4) is 5.75 Å². The van der Waals surface area contributed by atoms with Crippen molar-refractivity contribution in [3.63, 3.8) is 0 Å². The van der Waals surface area contributed by atoms with Gasteiger partial charge in [0.1, 0.15) is 11.6 Å². The zero-order valence-electron chi connectivity index (χ0n) is 13.3. The fraction of sp³-hybridized carbons (Fsp3) is 0.353. The molecular formula is C17H20N4O3. The number of amides is 1. The Morgan fingerprint density at radius 2 is 1.96 bits per heavy atom. The Labute approximate surface area is 140 Å².